The number of benzene rings is 3. The maximum absolute atomic E-state index is 15.3. The highest BCUT2D eigenvalue weighted by Gasteiger charge is 2.38. The summed E-state index contributed by atoms with van der Waals surface area (Å²) in [6.07, 6.45) is -0.223. The average Bonchev–Trinajstić information content (AvgIpc) is 3.85. The third-order valence-electron chi connectivity index (χ3n) is 14.3. The third kappa shape index (κ3) is 11.4. The van der Waals surface area contributed by atoms with Crippen LogP contribution in [0.1, 0.15) is 68.7 Å². The van der Waals surface area contributed by atoms with E-state index in [1.54, 1.807) is 30.4 Å². The van der Waals surface area contributed by atoms with Crippen LogP contribution in [0.3, 0.4) is 0 Å². The summed E-state index contributed by atoms with van der Waals surface area (Å²) in [4.78, 5) is 59.5. The molecule has 3 aromatic carbocycles. The summed E-state index contributed by atoms with van der Waals surface area (Å²) in [5.74, 6) is -4.52. The number of nitrogens with one attached hydrogen (secondary N) is 3. The number of aryl methyl sites for hydroxylation is 2. The fraction of sp³-hybridized carbons (Fsp3) is 0.451. The van der Waals surface area contributed by atoms with Crippen LogP contribution in [0.2, 0.25) is 0 Å². The molecule has 0 bridgehead atoms. The Morgan fingerprint density at radius 1 is 0.863 bits per heavy atom. The van der Waals surface area contributed by atoms with E-state index >= 15 is 8.78 Å². The highest BCUT2D eigenvalue weighted by atomic mass is 79.9. The van der Waals surface area contributed by atoms with Crippen molar-refractivity contribution in [3.8, 4) is 5.75 Å². The summed E-state index contributed by atoms with van der Waals surface area (Å²) in [5.41, 5.74) is 3.55. The van der Waals surface area contributed by atoms with E-state index in [1.165, 1.54) is 24.4 Å². The number of piperidine rings is 2. The van der Waals surface area contributed by atoms with E-state index in [0.717, 1.165) is 35.9 Å². The van der Waals surface area contributed by atoms with Crippen LogP contribution >= 0.6 is 23.1 Å². The first-order valence-corrected chi connectivity index (χ1v) is 28.0. The molecule has 388 valence electrons. The SMILES string of the molecule is CCc1ccc2c(P(C)(C)=O)c(Nc3nc(Nc4cc(CC)c(N5CCC(N6CCN(C(=O)[C@@H]7CCN(c8cc(F)c([C@H]9CCC(=O)NC9=O)c(F)c8)C7)CC6)CC5)cc4OC(F)(F)F)ncc3Br)ccc2n1. The molecule has 2 aromatic heterocycles. The first-order valence-electron chi connectivity index (χ1n) is 24.6. The second-order valence-electron chi connectivity index (χ2n) is 19.4. The molecule has 4 aliphatic heterocycles. The third-order valence-corrected chi connectivity index (χ3v) is 16.5. The Labute approximate surface area is 428 Å². The predicted octanol–water partition coefficient (Wildman–Crippen LogP) is 8.98. The fourth-order valence-electron chi connectivity index (χ4n) is 10.7. The van der Waals surface area contributed by atoms with Crippen LogP contribution in [0.4, 0.5) is 56.5 Å². The number of amides is 3. The number of anilines is 6. The first kappa shape index (κ1) is 52.0. The molecule has 15 nitrogen and oxygen atoms in total. The van der Waals surface area contributed by atoms with Gasteiger partial charge in [-0.1, -0.05) is 19.9 Å². The molecule has 0 saturated carbocycles. The van der Waals surface area contributed by atoms with Crippen molar-refractivity contribution in [2.24, 2.45) is 5.92 Å². The molecule has 22 heteroatoms. The van der Waals surface area contributed by atoms with E-state index in [4.69, 9.17) is 4.98 Å². The van der Waals surface area contributed by atoms with Gasteiger partial charge in [-0.25, -0.2) is 13.8 Å². The minimum Gasteiger partial charge on any atom is -0.403 e. The van der Waals surface area contributed by atoms with Crippen molar-refractivity contribution in [3.05, 3.63) is 87.7 Å². The predicted molar refractivity (Wildman–Crippen MR) is 274 cm³/mol. The number of carbonyl (C=O) groups excluding carboxylic acids is 3. The van der Waals surface area contributed by atoms with Crippen LogP contribution in [-0.4, -0.2) is 121 Å². The first-order chi connectivity index (χ1) is 34.8. The molecule has 3 N–H and O–H groups in total. The Hall–Kier alpha value is -5.92. The second kappa shape index (κ2) is 21.1. The van der Waals surface area contributed by atoms with Gasteiger partial charge in [-0.05, 0) is 110 Å². The van der Waals surface area contributed by atoms with Crippen molar-refractivity contribution in [1.29, 1.82) is 0 Å². The van der Waals surface area contributed by atoms with Crippen molar-refractivity contribution < 1.29 is 45.6 Å². The smallest absolute Gasteiger partial charge is 0.403 e. The Bertz CT molecular complexity index is 2980. The molecule has 73 heavy (non-hydrogen) atoms. The highest BCUT2D eigenvalue weighted by Crippen LogP contribution is 2.43. The molecule has 2 atom stereocenters. The monoisotopic (exact) mass is 1090 g/mol. The van der Waals surface area contributed by atoms with Crippen LogP contribution in [0.25, 0.3) is 10.9 Å². The number of hydrogen-bond donors (Lipinski definition) is 3. The van der Waals surface area contributed by atoms with Crippen LogP contribution in [-0.2, 0) is 31.8 Å². The second-order valence-corrected chi connectivity index (χ2v) is 23.4. The highest BCUT2D eigenvalue weighted by molar-refractivity contribution is 9.10. The lowest BCUT2D eigenvalue weighted by molar-refractivity contribution is -0.274. The lowest BCUT2D eigenvalue weighted by Crippen LogP contribution is -2.55. The normalized spacial score (nSPS) is 19.4. The van der Waals surface area contributed by atoms with E-state index in [2.05, 4.69) is 56.4 Å². The Kier molecular flexibility index (Phi) is 15.0. The number of ether oxygens (including phenoxy) is 1. The number of alkyl halides is 3. The molecule has 5 aromatic rings. The van der Waals surface area contributed by atoms with Gasteiger partial charge in [0.1, 0.15) is 24.6 Å². The number of aromatic nitrogens is 3. The maximum Gasteiger partial charge on any atom is 0.573 e. The Morgan fingerprint density at radius 3 is 2.23 bits per heavy atom. The Morgan fingerprint density at radius 2 is 1.58 bits per heavy atom. The molecule has 0 aliphatic carbocycles. The van der Waals surface area contributed by atoms with Crippen LogP contribution in [0.5, 0.6) is 5.75 Å². The fourth-order valence-corrected chi connectivity index (χ4v) is 12.4. The number of imide groups is 1. The van der Waals surface area contributed by atoms with Gasteiger partial charge in [0.15, 0.2) is 5.75 Å². The van der Waals surface area contributed by atoms with Gasteiger partial charge in [-0.3, -0.25) is 29.6 Å². The summed E-state index contributed by atoms with van der Waals surface area (Å²) < 4.78 is 91.7. The molecule has 4 saturated heterocycles. The molecule has 4 aliphatic rings. The molecule has 3 amide bonds. The number of rotatable bonds is 13. The largest absolute Gasteiger partial charge is 0.573 e. The topological polar surface area (TPSA) is 165 Å². The van der Waals surface area contributed by atoms with Gasteiger partial charge in [0.05, 0.1) is 33.2 Å². The molecule has 4 fully saturated rings. The number of nitrogens with zero attached hydrogens (tertiary/aromatic N) is 7. The lowest BCUT2D eigenvalue weighted by Gasteiger charge is -2.44. The van der Waals surface area contributed by atoms with Gasteiger partial charge >= 0.3 is 6.36 Å². The molecular formula is C51H57BrF5N10O5P. The van der Waals surface area contributed by atoms with Gasteiger partial charge in [-0.15, -0.1) is 13.2 Å². The number of carbonyl (C=O) groups is 3. The molecule has 9 rings (SSSR count). The van der Waals surface area contributed by atoms with Crippen LogP contribution < -0.4 is 35.8 Å². The van der Waals surface area contributed by atoms with E-state index in [9.17, 15) is 32.1 Å². The van der Waals surface area contributed by atoms with Crippen molar-refractivity contribution in [2.45, 2.75) is 77.1 Å². The molecule has 6 heterocycles. The number of fused-ring (bicyclic) bond motifs is 1. The number of piperazine rings is 1. The number of hydrogen-bond acceptors (Lipinski definition) is 13. The standard InChI is InChI=1S/C51H57BrF5N10O5P/c1-5-29-23-41(61-50-58-27-36(52)47(63-50)60-40-11-10-39-34(46(40)73(3,4)71)8-7-31(6-2)59-39)43(72-51(55,56)57)26-42(29)65-17-14-32(15-18-65)64-19-21-66(22-20-64)49(70)30-13-16-67(28-30)33-24-37(53)45(38(54)25-33)35-9-12-44(68)62-48(35)69/h7-8,10-11,23-27,30,32,35H,5-6,9,12-22,28H2,1-4H3,(H,62,68,69)(H2,58,60,61,63)/t30-,35-/m1/s1. The van der Waals surface area contributed by atoms with Gasteiger partial charge in [0.2, 0.25) is 23.7 Å². The summed E-state index contributed by atoms with van der Waals surface area (Å²) in [6, 6.07) is 13.1. The lowest BCUT2D eigenvalue weighted by atomic mass is 9.89. The van der Waals surface area contributed by atoms with E-state index < -0.39 is 48.6 Å². The zero-order valence-corrected chi connectivity index (χ0v) is 43.4. The van der Waals surface area contributed by atoms with Gasteiger partial charge in [-0.2, -0.15) is 4.98 Å². The van der Waals surface area contributed by atoms with Gasteiger partial charge < -0.3 is 34.6 Å². The summed E-state index contributed by atoms with van der Waals surface area (Å²) >= 11 is 3.50. The molecule has 0 radical (unpaired) electrons. The van der Waals surface area contributed by atoms with Crippen molar-refractivity contribution in [1.82, 2.24) is 30.1 Å². The molecule has 0 spiro atoms. The average molecular weight is 1100 g/mol. The minimum atomic E-state index is -5.00. The van der Waals surface area contributed by atoms with E-state index in [-0.39, 0.29) is 47.9 Å². The van der Waals surface area contributed by atoms with Crippen molar-refractivity contribution >= 4 is 91.5 Å². The summed E-state index contributed by atoms with van der Waals surface area (Å²) in [6.45, 7) is 11.6. The zero-order chi connectivity index (χ0) is 51.9. The van der Waals surface area contributed by atoms with E-state index in [1.807, 2.05) is 36.9 Å². The number of halogens is 6. The summed E-state index contributed by atoms with van der Waals surface area (Å²) in [5, 5.41) is 9.73. The number of pyridine rings is 1. The minimum absolute atomic E-state index is 0.00264. The van der Waals surface area contributed by atoms with Gasteiger partial charge in [0, 0.05) is 110 Å². The van der Waals surface area contributed by atoms with Crippen molar-refractivity contribution in [3.63, 3.8) is 0 Å². The summed E-state index contributed by atoms with van der Waals surface area (Å²) in [7, 11) is -2.88. The molecule has 0 unspecified atom stereocenters. The van der Waals surface area contributed by atoms with Gasteiger partial charge in [0.25, 0.3) is 0 Å². The maximum atomic E-state index is 15.3. The van der Waals surface area contributed by atoms with E-state index in [0.29, 0.717) is 103 Å². The zero-order valence-electron chi connectivity index (χ0n) is 40.9. The van der Waals surface area contributed by atoms with Crippen LogP contribution in [0, 0.1) is 17.6 Å². The Balaban J connectivity index is 0.827. The molecular weight excluding hydrogens is 1040 g/mol. The quantitative estimate of drug-likeness (QED) is 0.0582. The van der Waals surface area contributed by atoms with Crippen molar-refractivity contribution in [2.75, 3.05) is 86.1 Å². The van der Waals surface area contributed by atoms with Crippen LogP contribution in [0.15, 0.2) is 59.2 Å².